The number of pyridine rings is 1. The fourth-order valence-corrected chi connectivity index (χ4v) is 3.17. The summed E-state index contributed by atoms with van der Waals surface area (Å²) in [7, 11) is 0. The maximum Gasteiger partial charge on any atom is 0.259 e. The molecular formula is C21H21ClN2O3. The van der Waals surface area contributed by atoms with Gasteiger partial charge in [0, 0.05) is 10.6 Å². The number of phenolic OH excluding ortho intramolecular Hbond substituents is 1. The molecule has 0 saturated carbocycles. The summed E-state index contributed by atoms with van der Waals surface area (Å²) in [5.41, 5.74) is 0.566. The molecule has 0 aliphatic heterocycles. The smallest absolute Gasteiger partial charge is 0.259 e. The van der Waals surface area contributed by atoms with Crippen molar-refractivity contribution in [1.82, 2.24) is 9.88 Å². The van der Waals surface area contributed by atoms with Gasteiger partial charge in [0.15, 0.2) is 0 Å². The van der Waals surface area contributed by atoms with Crippen LogP contribution >= 0.6 is 11.6 Å². The lowest BCUT2D eigenvalue weighted by molar-refractivity contribution is -0.123. The third-order valence-electron chi connectivity index (χ3n) is 4.03. The van der Waals surface area contributed by atoms with Crippen molar-refractivity contribution >= 4 is 28.3 Å². The molecule has 0 radical (unpaired) electrons. The molecule has 1 aromatic heterocycles. The predicted octanol–water partition coefficient (Wildman–Crippen LogP) is 3.94. The first-order valence-electron chi connectivity index (χ1n) is 8.57. The minimum Gasteiger partial charge on any atom is -0.508 e. The normalized spacial score (nSPS) is 11.6. The maximum atomic E-state index is 13.1. The quantitative estimate of drug-likeness (QED) is 0.718. The molecule has 3 aromatic rings. The zero-order valence-corrected chi connectivity index (χ0v) is 16.2. The second-order valence-electron chi connectivity index (χ2n) is 7.50. The van der Waals surface area contributed by atoms with Crippen LogP contribution in [0.25, 0.3) is 22.0 Å². The number of rotatable bonds is 3. The Balaban J connectivity index is 2.21. The minimum absolute atomic E-state index is 0.000739. The predicted molar refractivity (Wildman–Crippen MR) is 108 cm³/mol. The van der Waals surface area contributed by atoms with Gasteiger partial charge in [0.25, 0.3) is 5.56 Å². The highest BCUT2D eigenvalue weighted by Crippen LogP contribution is 2.26. The lowest BCUT2D eigenvalue weighted by atomic mass is 10.1. The highest BCUT2D eigenvalue weighted by Gasteiger charge is 2.18. The van der Waals surface area contributed by atoms with Crippen LogP contribution in [0.5, 0.6) is 5.75 Å². The summed E-state index contributed by atoms with van der Waals surface area (Å²) in [6.45, 7) is 5.50. The molecule has 0 aliphatic carbocycles. The van der Waals surface area contributed by atoms with E-state index in [1.807, 2.05) is 32.9 Å². The third kappa shape index (κ3) is 4.31. The molecule has 1 amide bonds. The van der Waals surface area contributed by atoms with Crippen LogP contribution in [0.3, 0.4) is 0 Å². The third-order valence-corrected chi connectivity index (χ3v) is 4.27. The average molecular weight is 385 g/mol. The molecule has 0 saturated heterocycles. The topological polar surface area (TPSA) is 71.3 Å². The molecule has 6 heteroatoms. The van der Waals surface area contributed by atoms with E-state index in [1.54, 1.807) is 24.3 Å². The first kappa shape index (κ1) is 19.0. The van der Waals surface area contributed by atoms with E-state index in [9.17, 15) is 14.7 Å². The number of aromatic nitrogens is 1. The maximum absolute atomic E-state index is 13.1. The van der Waals surface area contributed by atoms with Gasteiger partial charge in [-0.25, -0.2) is 0 Å². The Labute approximate surface area is 162 Å². The Morgan fingerprint density at radius 1 is 1.15 bits per heavy atom. The van der Waals surface area contributed by atoms with Gasteiger partial charge in [-0.3, -0.25) is 14.2 Å². The standard InChI is InChI=1S/C21H21ClN2O3/c1-21(2,3)23-19(26)12-24-18(14-5-4-6-15(22)9-14)10-13-7-8-16(25)11-17(13)20(24)27/h4-11,25H,12H2,1-3H3,(H,23,26). The van der Waals surface area contributed by atoms with Gasteiger partial charge in [0.2, 0.25) is 5.91 Å². The number of amides is 1. The second kappa shape index (κ2) is 7.08. The van der Waals surface area contributed by atoms with Crippen molar-refractivity contribution in [2.24, 2.45) is 0 Å². The zero-order chi connectivity index (χ0) is 19.8. The van der Waals surface area contributed by atoms with E-state index in [2.05, 4.69) is 5.32 Å². The van der Waals surface area contributed by atoms with Crippen LogP contribution in [0.2, 0.25) is 5.02 Å². The molecule has 140 valence electrons. The van der Waals surface area contributed by atoms with E-state index in [-0.39, 0.29) is 23.8 Å². The van der Waals surface area contributed by atoms with Gasteiger partial charge in [-0.05, 0) is 62.1 Å². The number of fused-ring (bicyclic) bond motifs is 1. The zero-order valence-electron chi connectivity index (χ0n) is 15.4. The number of carbonyl (C=O) groups is 1. The fraction of sp³-hybridized carbons (Fsp3) is 0.238. The van der Waals surface area contributed by atoms with Crippen molar-refractivity contribution < 1.29 is 9.90 Å². The molecule has 2 N–H and O–H groups in total. The lowest BCUT2D eigenvalue weighted by Gasteiger charge is -2.22. The second-order valence-corrected chi connectivity index (χ2v) is 7.94. The number of nitrogens with zero attached hydrogens (tertiary/aromatic N) is 1. The van der Waals surface area contributed by atoms with Crippen LogP contribution in [0.4, 0.5) is 0 Å². The van der Waals surface area contributed by atoms with Crippen molar-refractivity contribution in [2.45, 2.75) is 32.9 Å². The molecule has 1 heterocycles. The van der Waals surface area contributed by atoms with Crippen LogP contribution in [0.1, 0.15) is 20.8 Å². The molecule has 0 fully saturated rings. The highest BCUT2D eigenvalue weighted by atomic mass is 35.5. The van der Waals surface area contributed by atoms with Gasteiger partial charge in [-0.1, -0.05) is 29.8 Å². The van der Waals surface area contributed by atoms with Crippen LogP contribution in [-0.2, 0) is 11.3 Å². The van der Waals surface area contributed by atoms with E-state index in [4.69, 9.17) is 11.6 Å². The summed E-state index contributed by atoms with van der Waals surface area (Å²) in [5, 5.41) is 14.2. The van der Waals surface area contributed by atoms with Crippen molar-refractivity contribution in [3.05, 3.63) is 63.9 Å². The van der Waals surface area contributed by atoms with Crippen molar-refractivity contribution in [3.63, 3.8) is 0 Å². The summed E-state index contributed by atoms with van der Waals surface area (Å²) in [6, 6.07) is 13.6. The number of carbonyl (C=O) groups excluding carboxylic acids is 1. The lowest BCUT2D eigenvalue weighted by Crippen LogP contribution is -2.43. The summed E-state index contributed by atoms with van der Waals surface area (Å²) in [4.78, 5) is 25.6. The van der Waals surface area contributed by atoms with Crippen LogP contribution in [-0.4, -0.2) is 21.1 Å². The van der Waals surface area contributed by atoms with E-state index >= 15 is 0 Å². The number of halogens is 1. The SMILES string of the molecule is CC(C)(C)NC(=O)Cn1c(-c2cccc(Cl)c2)cc2ccc(O)cc2c1=O. The van der Waals surface area contributed by atoms with Crippen LogP contribution in [0.15, 0.2) is 53.3 Å². The molecule has 0 atom stereocenters. The Hall–Kier alpha value is -2.79. The van der Waals surface area contributed by atoms with Gasteiger partial charge in [0.1, 0.15) is 12.3 Å². The Morgan fingerprint density at radius 2 is 1.89 bits per heavy atom. The molecule has 0 aliphatic rings. The van der Waals surface area contributed by atoms with Crippen molar-refractivity contribution in [2.75, 3.05) is 0 Å². The fourth-order valence-electron chi connectivity index (χ4n) is 2.98. The molecule has 3 rings (SSSR count). The largest absolute Gasteiger partial charge is 0.508 e. The van der Waals surface area contributed by atoms with Gasteiger partial charge in [-0.2, -0.15) is 0 Å². The number of phenols is 1. The minimum atomic E-state index is -0.411. The number of hydrogen-bond donors (Lipinski definition) is 2. The number of hydrogen-bond acceptors (Lipinski definition) is 3. The van der Waals surface area contributed by atoms with E-state index in [0.717, 1.165) is 5.56 Å². The molecule has 5 nitrogen and oxygen atoms in total. The summed E-state index contributed by atoms with van der Waals surface area (Å²) in [5.74, 6) is -0.270. The monoisotopic (exact) mass is 384 g/mol. The summed E-state index contributed by atoms with van der Waals surface area (Å²) >= 11 is 6.12. The van der Waals surface area contributed by atoms with Gasteiger partial charge < -0.3 is 10.4 Å². The first-order valence-corrected chi connectivity index (χ1v) is 8.95. The summed E-state index contributed by atoms with van der Waals surface area (Å²) in [6.07, 6.45) is 0. The number of aromatic hydroxyl groups is 1. The highest BCUT2D eigenvalue weighted by molar-refractivity contribution is 6.30. The Bertz CT molecular complexity index is 1080. The van der Waals surface area contributed by atoms with Crippen LogP contribution in [0, 0.1) is 0 Å². The first-order chi connectivity index (χ1) is 12.6. The number of benzene rings is 2. The average Bonchev–Trinajstić information content (AvgIpc) is 2.56. The molecule has 2 aromatic carbocycles. The molecule has 0 spiro atoms. The Morgan fingerprint density at radius 3 is 2.56 bits per heavy atom. The van der Waals surface area contributed by atoms with Crippen molar-refractivity contribution in [1.29, 1.82) is 0 Å². The van der Waals surface area contributed by atoms with Gasteiger partial charge in [-0.15, -0.1) is 0 Å². The van der Waals surface area contributed by atoms with Gasteiger partial charge in [0.05, 0.1) is 11.1 Å². The number of nitrogens with one attached hydrogen (secondary N) is 1. The van der Waals surface area contributed by atoms with E-state index < -0.39 is 5.54 Å². The molecule has 0 bridgehead atoms. The van der Waals surface area contributed by atoms with Crippen LogP contribution < -0.4 is 10.9 Å². The summed E-state index contributed by atoms with van der Waals surface area (Å²) < 4.78 is 1.41. The van der Waals surface area contributed by atoms with Gasteiger partial charge >= 0.3 is 0 Å². The molecular weight excluding hydrogens is 364 g/mol. The van der Waals surface area contributed by atoms with E-state index in [1.165, 1.54) is 16.7 Å². The molecule has 0 unspecified atom stereocenters. The van der Waals surface area contributed by atoms with E-state index in [0.29, 0.717) is 21.5 Å². The van der Waals surface area contributed by atoms with Crippen molar-refractivity contribution in [3.8, 4) is 17.0 Å². The molecule has 27 heavy (non-hydrogen) atoms. The Kier molecular flexibility index (Phi) is 4.98.